The van der Waals surface area contributed by atoms with Crippen molar-refractivity contribution in [1.82, 2.24) is 9.78 Å². The summed E-state index contributed by atoms with van der Waals surface area (Å²) in [4.78, 5) is 24.7. The van der Waals surface area contributed by atoms with Gasteiger partial charge in [-0.15, -0.1) is 0 Å². The van der Waals surface area contributed by atoms with E-state index in [0.717, 1.165) is 5.56 Å². The zero-order valence-corrected chi connectivity index (χ0v) is 16.6. The van der Waals surface area contributed by atoms with Crippen LogP contribution in [-0.2, 0) is 26.5 Å². The van der Waals surface area contributed by atoms with Gasteiger partial charge in [0.2, 0.25) is 11.8 Å². The van der Waals surface area contributed by atoms with Gasteiger partial charge in [0, 0.05) is 12.7 Å². The number of benzene rings is 1. The van der Waals surface area contributed by atoms with Crippen molar-refractivity contribution in [3.63, 3.8) is 0 Å². The maximum atomic E-state index is 12.6. The molecule has 10 heteroatoms. The molecule has 148 valence electrons. The van der Waals surface area contributed by atoms with Gasteiger partial charge >= 0.3 is 0 Å². The predicted octanol–water partition coefficient (Wildman–Crippen LogP) is 1.37. The summed E-state index contributed by atoms with van der Waals surface area (Å²) >= 11 is 0. The highest BCUT2D eigenvalue weighted by atomic mass is 32.2. The molecular formula is C18H21N5O4S. The van der Waals surface area contributed by atoms with Crippen molar-refractivity contribution in [2.45, 2.75) is 25.5 Å². The summed E-state index contributed by atoms with van der Waals surface area (Å²) in [6.07, 6.45) is 1.24. The van der Waals surface area contributed by atoms with Crippen molar-refractivity contribution >= 4 is 33.2 Å². The number of hydrogen-bond acceptors (Lipinski definition) is 6. The highest BCUT2D eigenvalue weighted by molar-refractivity contribution is 7.93. The molecule has 2 amide bonds. The first-order valence-corrected chi connectivity index (χ1v) is 10.2. The molecule has 0 saturated carbocycles. The second-order valence-corrected chi connectivity index (χ2v) is 8.44. The molecule has 0 radical (unpaired) electrons. The predicted molar refractivity (Wildman–Crippen MR) is 104 cm³/mol. The number of aromatic nitrogens is 2. The average Bonchev–Trinajstić information content (AvgIpc) is 2.94. The lowest BCUT2D eigenvalue weighted by Gasteiger charge is -2.16. The Morgan fingerprint density at radius 2 is 2.04 bits per heavy atom. The monoisotopic (exact) mass is 403 g/mol. The van der Waals surface area contributed by atoms with E-state index in [4.69, 9.17) is 5.26 Å². The van der Waals surface area contributed by atoms with Crippen molar-refractivity contribution in [2.75, 3.05) is 16.4 Å². The second-order valence-electron chi connectivity index (χ2n) is 6.25. The standard InChI is InChI=1S/C18H21N5O4S/c1-4-15(18(25)22-17-13(9-19)10-20-23(17)3)28(26,27)11-16(24)21-14-7-5-6-12(2)8-14/h5-8,10,15H,4,11H2,1-3H3,(H,21,24)(H,22,25). The van der Waals surface area contributed by atoms with Crippen LogP contribution < -0.4 is 10.6 Å². The third-order valence-electron chi connectivity index (χ3n) is 4.03. The SMILES string of the molecule is CCC(C(=O)Nc1c(C#N)cnn1C)S(=O)(=O)CC(=O)Nc1cccc(C)c1. The summed E-state index contributed by atoms with van der Waals surface area (Å²) in [5, 5.41) is 16.4. The Hall–Kier alpha value is -3.19. The molecule has 28 heavy (non-hydrogen) atoms. The van der Waals surface area contributed by atoms with Crippen LogP contribution in [0.3, 0.4) is 0 Å². The maximum Gasteiger partial charge on any atom is 0.243 e. The minimum absolute atomic E-state index is 0.0222. The number of carbonyl (C=O) groups excluding carboxylic acids is 2. The molecule has 1 aromatic heterocycles. The third-order valence-corrected chi connectivity index (χ3v) is 6.11. The molecule has 0 bridgehead atoms. The Bertz CT molecular complexity index is 1040. The lowest BCUT2D eigenvalue weighted by molar-refractivity contribution is -0.115. The first-order valence-electron chi connectivity index (χ1n) is 8.49. The Labute approximate surface area is 163 Å². The minimum Gasteiger partial charge on any atom is -0.325 e. The fourth-order valence-corrected chi connectivity index (χ4v) is 4.20. The molecule has 2 rings (SSSR count). The smallest absolute Gasteiger partial charge is 0.243 e. The Balaban J connectivity index is 2.12. The second kappa shape index (κ2) is 8.67. The highest BCUT2D eigenvalue weighted by Crippen LogP contribution is 2.17. The van der Waals surface area contributed by atoms with E-state index in [-0.39, 0.29) is 17.8 Å². The van der Waals surface area contributed by atoms with Crippen LogP contribution in [0.25, 0.3) is 0 Å². The Morgan fingerprint density at radius 3 is 2.64 bits per heavy atom. The fraction of sp³-hybridized carbons (Fsp3) is 0.333. The zero-order chi connectivity index (χ0) is 20.9. The summed E-state index contributed by atoms with van der Waals surface area (Å²) < 4.78 is 26.5. The molecule has 2 N–H and O–H groups in total. The van der Waals surface area contributed by atoms with Gasteiger partial charge in [-0.1, -0.05) is 19.1 Å². The molecule has 1 aromatic carbocycles. The number of sulfone groups is 1. The summed E-state index contributed by atoms with van der Waals surface area (Å²) in [5.74, 6) is -2.27. The number of hydrogen-bond donors (Lipinski definition) is 2. The van der Waals surface area contributed by atoms with Crippen LogP contribution in [0.1, 0.15) is 24.5 Å². The van der Waals surface area contributed by atoms with Crippen molar-refractivity contribution in [2.24, 2.45) is 7.05 Å². The van der Waals surface area contributed by atoms with Crippen LogP contribution in [0.2, 0.25) is 0 Å². The number of carbonyl (C=O) groups is 2. The van der Waals surface area contributed by atoms with E-state index in [9.17, 15) is 18.0 Å². The molecule has 0 fully saturated rings. The van der Waals surface area contributed by atoms with E-state index in [1.54, 1.807) is 18.2 Å². The van der Waals surface area contributed by atoms with Gasteiger partial charge in [-0.25, -0.2) is 8.42 Å². The molecule has 1 atom stereocenters. The number of nitriles is 1. The molecule has 0 aliphatic rings. The number of amides is 2. The molecule has 0 spiro atoms. The highest BCUT2D eigenvalue weighted by Gasteiger charge is 2.33. The lowest BCUT2D eigenvalue weighted by Crippen LogP contribution is -2.39. The van der Waals surface area contributed by atoms with E-state index in [0.29, 0.717) is 5.69 Å². The van der Waals surface area contributed by atoms with E-state index in [1.165, 1.54) is 24.9 Å². The van der Waals surface area contributed by atoms with Gasteiger partial charge in [0.15, 0.2) is 9.84 Å². The molecule has 0 saturated heterocycles. The minimum atomic E-state index is -4.07. The molecule has 0 aliphatic carbocycles. The molecule has 2 aromatic rings. The molecule has 1 heterocycles. The fourth-order valence-electron chi connectivity index (χ4n) is 2.67. The lowest BCUT2D eigenvalue weighted by atomic mass is 10.2. The van der Waals surface area contributed by atoms with Gasteiger partial charge < -0.3 is 10.6 Å². The Morgan fingerprint density at radius 1 is 1.32 bits per heavy atom. The van der Waals surface area contributed by atoms with Crippen LogP contribution in [0.5, 0.6) is 0 Å². The molecule has 0 aliphatic heterocycles. The molecule has 1 unspecified atom stereocenters. The van der Waals surface area contributed by atoms with E-state index < -0.39 is 32.7 Å². The van der Waals surface area contributed by atoms with Crippen LogP contribution in [0.4, 0.5) is 11.5 Å². The quantitative estimate of drug-likeness (QED) is 0.717. The van der Waals surface area contributed by atoms with Gasteiger partial charge in [0.05, 0.1) is 6.20 Å². The van der Waals surface area contributed by atoms with Crippen LogP contribution in [-0.4, -0.2) is 41.0 Å². The number of anilines is 2. The average molecular weight is 403 g/mol. The Kier molecular flexibility index (Phi) is 6.53. The van der Waals surface area contributed by atoms with Crippen LogP contribution >= 0.6 is 0 Å². The number of nitrogens with zero attached hydrogens (tertiary/aromatic N) is 3. The van der Waals surface area contributed by atoms with Crippen LogP contribution in [0, 0.1) is 18.3 Å². The summed E-state index contributed by atoms with van der Waals surface area (Å²) in [6.45, 7) is 3.38. The zero-order valence-electron chi connectivity index (χ0n) is 15.8. The van der Waals surface area contributed by atoms with Gasteiger partial charge in [-0.2, -0.15) is 10.4 Å². The third kappa shape index (κ3) is 4.95. The number of aryl methyl sites for hydroxylation is 2. The normalized spacial score (nSPS) is 12.1. The van der Waals surface area contributed by atoms with E-state index >= 15 is 0 Å². The van der Waals surface area contributed by atoms with Crippen LogP contribution in [0.15, 0.2) is 30.5 Å². The summed E-state index contributed by atoms with van der Waals surface area (Å²) in [7, 11) is -2.56. The maximum absolute atomic E-state index is 12.6. The van der Waals surface area contributed by atoms with Gasteiger partial charge in [-0.05, 0) is 31.0 Å². The van der Waals surface area contributed by atoms with Gasteiger partial charge in [-0.3, -0.25) is 14.3 Å². The van der Waals surface area contributed by atoms with Crippen molar-refractivity contribution in [1.29, 1.82) is 5.26 Å². The molecular weight excluding hydrogens is 382 g/mol. The topological polar surface area (TPSA) is 134 Å². The van der Waals surface area contributed by atoms with E-state index in [2.05, 4.69) is 15.7 Å². The van der Waals surface area contributed by atoms with Crippen molar-refractivity contribution in [3.05, 3.63) is 41.6 Å². The van der Waals surface area contributed by atoms with Gasteiger partial charge in [0.25, 0.3) is 0 Å². The number of rotatable bonds is 7. The van der Waals surface area contributed by atoms with E-state index in [1.807, 2.05) is 19.1 Å². The number of nitrogens with one attached hydrogen (secondary N) is 2. The van der Waals surface area contributed by atoms with Crippen molar-refractivity contribution in [3.8, 4) is 6.07 Å². The largest absolute Gasteiger partial charge is 0.325 e. The summed E-state index contributed by atoms with van der Waals surface area (Å²) in [5.41, 5.74) is 1.50. The first kappa shape index (κ1) is 21.1. The van der Waals surface area contributed by atoms with Gasteiger partial charge in [0.1, 0.15) is 28.5 Å². The molecule has 9 nitrogen and oxygen atoms in total. The summed E-state index contributed by atoms with van der Waals surface area (Å²) in [6, 6.07) is 8.81. The first-order chi connectivity index (χ1) is 13.2. The van der Waals surface area contributed by atoms with Crippen molar-refractivity contribution < 1.29 is 18.0 Å².